The number of para-hydroxylation sites is 2. The van der Waals surface area contributed by atoms with E-state index in [0.717, 1.165) is 52.3 Å². The summed E-state index contributed by atoms with van der Waals surface area (Å²) in [7, 11) is 0. The van der Waals surface area contributed by atoms with E-state index in [4.69, 9.17) is 9.72 Å². The van der Waals surface area contributed by atoms with Crippen LogP contribution in [-0.4, -0.2) is 22.1 Å². The van der Waals surface area contributed by atoms with E-state index in [9.17, 15) is 4.79 Å². The second-order valence-corrected chi connectivity index (χ2v) is 8.64. The van der Waals surface area contributed by atoms with Gasteiger partial charge in [0.05, 0.1) is 24.2 Å². The van der Waals surface area contributed by atoms with Gasteiger partial charge in [0.1, 0.15) is 11.6 Å². The van der Waals surface area contributed by atoms with E-state index in [1.165, 1.54) is 5.56 Å². The number of imidazole rings is 1. The Hall–Kier alpha value is -3.60. The van der Waals surface area contributed by atoms with Crippen LogP contribution in [0.3, 0.4) is 0 Å². The van der Waals surface area contributed by atoms with Crippen LogP contribution in [0.15, 0.2) is 60.7 Å². The first-order chi connectivity index (χ1) is 15.9. The number of hydrogen-bond donors (Lipinski definition) is 1. The monoisotopic (exact) mass is 441 g/mol. The highest BCUT2D eigenvalue weighted by Gasteiger charge is 2.14. The Labute approximate surface area is 195 Å². The number of hydrogen-bond acceptors (Lipinski definition) is 3. The van der Waals surface area contributed by atoms with Crippen molar-refractivity contribution < 1.29 is 9.53 Å². The molecule has 170 valence electrons. The molecule has 3 aromatic carbocycles. The Morgan fingerprint density at radius 1 is 0.939 bits per heavy atom. The Bertz CT molecular complexity index is 1290. The van der Waals surface area contributed by atoms with Crippen LogP contribution in [0.2, 0.25) is 0 Å². The predicted octanol–water partition coefficient (Wildman–Crippen LogP) is 5.67. The van der Waals surface area contributed by atoms with Gasteiger partial charge < -0.3 is 14.6 Å². The predicted molar refractivity (Wildman–Crippen MR) is 133 cm³/mol. The molecule has 0 aliphatic heterocycles. The lowest BCUT2D eigenvalue weighted by atomic mass is 10.1. The number of carbonyl (C=O) groups excluding carboxylic acids is 1. The van der Waals surface area contributed by atoms with Crippen LogP contribution in [0, 0.1) is 27.7 Å². The van der Waals surface area contributed by atoms with Gasteiger partial charge in [-0.3, -0.25) is 4.79 Å². The number of ether oxygens (including phenoxy) is 1. The lowest BCUT2D eigenvalue weighted by Crippen LogP contribution is -2.25. The SMILES string of the molecule is Cc1ccc(OCCCn2c(CNC(=O)c3ccc(C)cc3C)nc3ccccc32)c(C)c1. The molecule has 0 fully saturated rings. The zero-order valence-electron chi connectivity index (χ0n) is 19.8. The van der Waals surface area contributed by atoms with Gasteiger partial charge in [-0.05, 0) is 69.5 Å². The van der Waals surface area contributed by atoms with Crippen molar-refractivity contribution in [2.75, 3.05) is 6.61 Å². The molecule has 5 nitrogen and oxygen atoms in total. The molecular formula is C28H31N3O2. The van der Waals surface area contributed by atoms with Gasteiger partial charge in [-0.25, -0.2) is 4.98 Å². The molecular weight excluding hydrogens is 410 g/mol. The van der Waals surface area contributed by atoms with Crippen molar-refractivity contribution >= 4 is 16.9 Å². The maximum Gasteiger partial charge on any atom is 0.251 e. The van der Waals surface area contributed by atoms with E-state index in [-0.39, 0.29) is 5.91 Å². The molecule has 5 heteroatoms. The zero-order chi connectivity index (χ0) is 23.4. The third-order valence-electron chi connectivity index (χ3n) is 5.88. The molecule has 1 heterocycles. The minimum Gasteiger partial charge on any atom is -0.493 e. The maximum atomic E-state index is 12.8. The first-order valence-corrected chi connectivity index (χ1v) is 11.4. The quantitative estimate of drug-likeness (QED) is 0.359. The van der Waals surface area contributed by atoms with E-state index in [0.29, 0.717) is 18.7 Å². The molecule has 0 radical (unpaired) electrons. The summed E-state index contributed by atoms with van der Waals surface area (Å²) in [5.41, 5.74) is 7.21. The second-order valence-electron chi connectivity index (χ2n) is 8.64. The fourth-order valence-electron chi connectivity index (χ4n) is 4.20. The van der Waals surface area contributed by atoms with Crippen molar-refractivity contribution in [3.05, 3.63) is 94.3 Å². The topological polar surface area (TPSA) is 56.1 Å². The highest BCUT2D eigenvalue weighted by Crippen LogP contribution is 2.20. The van der Waals surface area contributed by atoms with Crippen molar-refractivity contribution in [2.24, 2.45) is 0 Å². The lowest BCUT2D eigenvalue weighted by Gasteiger charge is -2.13. The van der Waals surface area contributed by atoms with Gasteiger partial charge in [0, 0.05) is 12.1 Å². The average Bonchev–Trinajstić information content (AvgIpc) is 3.14. The number of benzene rings is 3. The number of amides is 1. The Kier molecular flexibility index (Phi) is 6.78. The molecule has 1 aromatic heterocycles. The van der Waals surface area contributed by atoms with Crippen LogP contribution in [-0.2, 0) is 13.1 Å². The minimum atomic E-state index is -0.0794. The van der Waals surface area contributed by atoms with Crippen molar-refractivity contribution in [3.63, 3.8) is 0 Å². The number of aryl methyl sites for hydroxylation is 5. The normalized spacial score (nSPS) is 11.0. The lowest BCUT2D eigenvalue weighted by molar-refractivity contribution is 0.0949. The van der Waals surface area contributed by atoms with E-state index >= 15 is 0 Å². The first-order valence-electron chi connectivity index (χ1n) is 11.4. The molecule has 0 bridgehead atoms. The summed E-state index contributed by atoms with van der Waals surface area (Å²) in [5, 5.41) is 3.05. The van der Waals surface area contributed by atoms with Crippen molar-refractivity contribution in [1.29, 1.82) is 0 Å². The molecule has 33 heavy (non-hydrogen) atoms. The van der Waals surface area contributed by atoms with E-state index < -0.39 is 0 Å². The minimum absolute atomic E-state index is 0.0794. The average molecular weight is 442 g/mol. The molecule has 0 saturated heterocycles. The van der Waals surface area contributed by atoms with Gasteiger partial charge in [0.15, 0.2) is 0 Å². The molecule has 4 aromatic rings. The summed E-state index contributed by atoms with van der Waals surface area (Å²) in [6.07, 6.45) is 0.839. The van der Waals surface area contributed by atoms with Crippen molar-refractivity contribution in [3.8, 4) is 5.75 Å². The molecule has 0 aliphatic rings. The van der Waals surface area contributed by atoms with Gasteiger partial charge in [-0.15, -0.1) is 0 Å². The standard InChI is InChI=1S/C28H31N3O2/c1-19-10-12-23(21(3)16-19)28(32)29-18-27-30-24-8-5-6-9-25(24)31(27)14-7-15-33-26-13-11-20(2)17-22(26)4/h5-6,8-13,16-17H,7,14-15,18H2,1-4H3,(H,29,32). The van der Waals surface area contributed by atoms with Gasteiger partial charge in [-0.1, -0.05) is 47.5 Å². The van der Waals surface area contributed by atoms with Crippen molar-refractivity contribution in [2.45, 2.75) is 47.2 Å². The smallest absolute Gasteiger partial charge is 0.251 e. The summed E-state index contributed by atoms with van der Waals surface area (Å²) in [6, 6.07) is 20.2. The molecule has 0 aliphatic carbocycles. The van der Waals surface area contributed by atoms with Crippen LogP contribution in [0.1, 0.15) is 44.9 Å². The van der Waals surface area contributed by atoms with Gasteiger partial charge >= 0.3 is 0 Å². The van der Waals surface area contributed by atoms with Crippen molar-refractivity contribution in [1.82, 2.24) is 14.9 Å². The van der Waals surface area contributed by atoms with Crippen LogP contribution in [0.25, 0.3) is 11.0 Å². The Balaban J connectivity index is 1.44. The number of fused-ring (bicyclic) bond motifs is 1. The molecule has 1 amide bonds. The number of nitrogens with one attached hydrogen (secondary N) is 1. The molecule has 0 saturated carbocycles. The summed E-state index contributed by atoms with van der Waals surface area (Å²) in [4.78, 5) is 17.6. The number of rotatable bonds is 8. The number of aromatic nitrogens is 2. The molecule has 0 atom stereocenters. The highest BCUT2D eigenvalue weighted by atomic mass is 16.5. The molecule has 4 rings (SSSR count). The number of nitrogens with zero attached hydrogens (tertiary/aromatic N) is 2. The Morgan fingerprint density at radius 3 is 2.42 bits per heavy atom. The van der Waals surface area contributed by atoms with Crippen LogP contribution in [0.4, 0.5) is 0 Å². The first kappa shape index (κ1) is 22.6. The molecule has 1 N–H and O–H groups in total. The summed E-state index contributed by atoms with van der Waals surface area (Å²) in [6.45, 7) is 9.90. The zero-order valence-corrected chi connectivity index (χ0v) is 19.8. The number of carbonyl (C=O) groups is 1. The summed E-state index contributed by atoms with van der Waals surface area (Å²) < 4.78 is 8.20. The van der Waals surface area contributed by atoms with E-state index in [2.05, 4.69) is 41.9 Å². The third kappa shape index (κ3) is 5.25. The van der Waals surface area contributed by atoms with Crippen LogP contribution < -0.4 is 10.1 Å². The summed E-state index contributed by atoms with van der Waals surface area (Å²) in [5.74, 6) is 1.70. The highest BCUT2D eigenvalue weighted by molar-refractivity contribution is 5.95. The van der Waals surface area contributed by atoms with Gasteiger partial charge in [-0.2, -0.15) is 0 Å². The third-order valence-corrected chi connectivity index (χ3v) is 5.88. The van der Waals surface area contributed by atoms with Gasteiger partial charge in [0.2, 0.25) is 0 Å². The molecule has 0 unspecified atom stereocenters. The summed E-state index contributed by atoms with van der Waals surface area (Å²) >= 11 is 0. The largest absolute Gasteiger partial charge is 0.493 e. The van der Waals surface area contributed by atoms with E-state index in [1.54, 1.807) is 0 Å². The molecule has 0 spiro atoms. The Morgan fingerprint density at radius 2 is 1.67 bits per heavy atom. The van der Waals surface area contributed by atoms with Gasteiger partial charge in [0.25, 0.3) is 5.91 Å². The fraction of sp³-hybridized carbons (Fsp3) is 0.286. The second kappa shape index (κ2) is 9.90. The maximum absolute atomic E-state index is 12.8. The fourth-order valence-corrected chi connectivity index (χ4v) is 4.20. The van der Waals surface area contributed by atoms with E-state index in [1.807, 2.05) is 56.3 Å². The van der Waals surface area contributed by atoms with Crippen LogP contribution >= 0.6 is 0 Å². The van der Waals surface area contributed by atoms with Crippen LogP contribution in [0.5, 0.6) is 5.75 Å².